The molecule has 9 nitrogen and oxygen atoms in total. The minimum Gasteiger partial charge on any atom is -0.756 e. The SMILES string of the molecule is CCCCC/C=C/C/C=C/C/C=C/CCCCC(=O)OC[C@H](COP(=O)([O-])OCC[N+](C)(C)C)OC(=O)CCC/C=C/CCCCCCCCCCCCCCCCCCCC. The van der Waals surface area contributed by atoms with Crippen LogP contribution in [-0.4, -0.2) is 70.0 Å². The zero-order valence-electron chi connectivity index (χ0n) is 40.8. The predicted octanol–water partition coefficient (Wildman–Crippen LogP) is 14.4. The Kier molecular flexibility index (Phi) is 42.7. The van der Waals surface area contributed by atoms with Crippen LogP contribution in [0.5, 0.6) is 0 Å². The van der Waals surface area contributed by atoms with Gasteiger partial charge >= 0.3 is 11.9 Å². The van der Waals surface area contributed by atoms with E-state index in [9.17, 15) is 19.0 Å². The molecule has 0 fully saturated rings. The van der Waals surface area contributed by atoms with Crippen LogP contribution in [0.3, 0.4) is 0 Å². The standard InChI is InChI=1S/C52H96NO8P/c1-6-8-10-12-14-16-18-20-22-23-24-25-26-27-28-29-31-33-35-37-39-41-43-45-52(55)61-50(49-60-62(56,57)59-47-46-53(3,4)5)48-58-51(54)44-42-40-38-36-34-32-30-21-19-17-15-13-11-9-7-2/h15,17,21,30,34,36-37,39,50H,6-14,16,18-20,22-29,31-33,35,38,40-49H2,1-5H3/b17-15+,30-21+,36-34+,39-37+/t50-/m1/s1. The van der Waals surface area contributed by atoms with Crippen LogP contribution in [0.15, 0.2) is 48.6 Å². The molecule has 0 rings (SSSR count). The number of hydrogen-bond acceptors (Lipinski definition) is 8. The van der Waals surface area contributed by atoms with Gasteiger partial charge in [0.2, 0.25) is 0 Å². The monoisotopic (exact) mass is 894 g/mol. The summed E-state index contributed by atoms with van der Waals surface area (Å²) < 4.78 is 33.9. The lowest BCUT2D eigenvalue weighted by molar-refractivity contribution is -0.870. The molecule has 0 heterocycles. The number of hydrogen-bond donors (Lipinski definition) is 0. The van der Waals surface area contributed by atoms with Crippen molar-refractivity contribution in [2.24, 2.45) is 0 Å². The molecule has 0 radical (unpaired) electrons. The van der Waals surface area contributed by atoms with E-state index in [-0.39, 0.29) is 26.1 Å². The third-order valence-electron chi connectivity index (χ3n) is 10.8. The number of rotatable bonds is 46. The molecule has 2 atom stereocenters. The van der Waals surface area contributed by atoms with Crippen molar-refractivity contribution in [2.45, 2.75) is 225 Å². The van der Waals surface area contributed by atoms with Crippen molar-refractivity contribution in [1.29, 1.82) is 0 Å². The average molecular weight is 894 g/mol. The fourth-order valence-electron chi connectivity index (χ4n) is 6.84. The molecule has 0 aliphatic carbocycles. The minimum atomic E-state index is -4.64. The Morgan fingerprint density at radius 3 is 1.39 bits per heavy atom. The fourth-order valence-corrected chi connectivity index (χ4v) is 7.57. The van der Waals surface area contributed by atoms with Crippen LogP contribution in [0.1, 0.15) is 219 Å². The first kappa shape index (κ1) is 60.0. The maximum absolute atomic E-state index is 12.7. The molecule has 0 N–H and O–H groups in total. The first-order chi connectivity index (χ1) is 30.0. The Bertz CT molecular complexity index is 1190. The highest BCUT2D eigenvalue weighted by Crippen LogP contribution is 2.38. The number of unbranched alkanes of at least 4 members (excludes halogenated alkanes) is 24. The number of quaternary nitrogens is 1. The molecule has 0 aromatic heterocycles. The Labute approximate surface area is 382 Å². The molecule has 0 aromatic rings. The maximum atomic E-state index is 12.7. The van der Waals surface area contributed by atoms with Crippen LogP contribution in [-0.2, 0) is 32.7 Å². The molecular formula is C52H96NO8P. The molecule has 62 heavy (non-hydrogen) atoms. The van der Waals surface area contributed by atoms with E-state index in [0.717, 1.165) is 44.9 Å². The van der Waals surface area contributed by atoms with E-state index in [1.807, 2.05) is 21.1 Å². The summed E-state index contributed by atoms with van der Waals surface area (Å²) in [4.78, 5) is 37.6. The summed E-state index contributed by atoms with van der Waals surface area (Å²) in [6.45, 7) is 4.14. The van der Waals surface area contributed by atoms with E-state index < -0.39 is 32.5 Å². The van der Waals surface area contributed by atoms with E-state index in [2.05, 4.69) is 62.5 Å². The fraction of sp³-hybridized carbons (Fsp3) is 0.808. The molecular weight excluding hydrogens is 798 g/mol. The van der Waals surface area contributed by atoms with E-state index in [4.69, 9.17) is 18.5 Å². The molecule has 0 amide bonds. The number of allylic oxidation sites excluding steroid dienone is 8. The number of carbonyl (C=O) groups excluding carboxylic acids is 2. The summed E-state index contributed by atoms with van der Waals surface area (Å²) in [5.41, 5.74) is 0. The summed E-state index contributed by atoms with van der Waals surface area (Å²) in [7, 11) is 1.13. The van der Waals surface area contributed by atoms with Crippen LogP contribution in [0, 0.1) is 0 Å². The van der Waals surface area contributed by atoms with Crippen molar-refractivity contribution in [1.82, 2.24) is 0 Å². The number of carbonyl (C=O) groups is 2. The summed E-state index contributed by atoms with van der Waals surface area (Å²) >= 11 is 0. The molecule has 0 aliphatic heterocycles. The number of likely N-dealkylation sites (N-methyl/N-ethyl adjacent to an activating group) is 1. The summed E-state index contributed by atoms with van der Waals surface area (Å²) in [6.07, 6.45) is 53.1. The van der Waals surface area contributed by atoms with Gasteiger partial charge in [-0.15, -0.1) is 0 Å². The lowest BCUT2D eigenvalue weighted by Crippen LogP contribution is -2.37. The van der Waals surface area contributed by atoms with Crippen LogP contribution in [0.4, 0.5) is 0 Å². The first-order valence-electron chi connectivity index (χ1n) is 25.3. The average Bonchev–Trinajstić information content (AvgIpc) is 3.23. The van der Waals surface area contributed by atoms with Crippen LogP contribution >= 0.6 is 7.82 Å². The molecule has 10 heteroatoms. The minimum absolute atomic E-state index is 0.0421. The Morgan fingerprint density at radius 2 is 0.887 bits per heavy atom. The molecule has 0 spiro atoms. The molecule has 0 aliphatic rings. The van der Waals surface area contributed by atoms with Crippen molar-refractivity contribution in [3.8, 4) is 0 Å². The lowest BCUT2D eigenvalue weighted by atomic mass is 10.0. The number of ether oxygens (including phenoxy) is 2. The van der Waals surface area contributed by atoms with Gasteiger partial charge in [-0.1, -0.05) is 184 Å². The zero-order valence-corrected chi connectivity index (χ0v) is 41.7. The van der Waals surface area contributed by atoms with E-state index >= 15 is 0 Å². The molecule has 362 valence electrons. The molecule has 1 unspecified atom stereocenters. The topological polar surface area (TPSA) is 111 Å². The van der Waals surface area contributed by atoms with Crippen molar-refractivity contribution < 1.29 is 42.1 Å². The van der Waals surface area contributed by atoms with Crippen LogP contribution < -0.4 is 4.89 Å². The second-order valence-electron chi connectivity index (χ2n) is 18.2. The molecule has 0 saturated carbocycles. The van der Waals surface area contributed by atoms with Crippen LogP contribution in [0.2, 0.25) is 0 Å². The van der Waals surface area contributed by atoms with Crippen LogP contribution in [0.25, 0.3) is 0 Å². The van der Waals surface area contributed by atoms with Gasteiger partial charge in [0, 0.05) is 12.8 Å². The smallest absolute Gasteiger partial charge is 0.306 e. The molecule has 0 bridgehead atoms. The zero-order chi connectivity index (χ0) is 45.7. The van der Waals surface area contributed by atoms with Gasteiger partial charge in [0.1, 0.15) is 19.8 Å². The van der Waals surface area contributed by atoms with Gasteiger partial charge in [0.05, 0.1) is 27.7 Å². The van der Waals surface area contributed by atoms with Gasteiger partial charge < -0.3 is 27.9 Å². The summed E-state index contributed by atoms with van der Waals surface area (Å²) in [6, 6.07) is 0. The van der Waals surface area contributed by atoms with Crippen molar-refractivity contribution in [2.75, 3.05) is 47.5 Å². The third kappa shape index (κ3) is 47.4. The summed E-state index contributed by atoms with van der Waals surface area (Å²) in [5.74, 6) is -0.913. The predicted molar refractivity (Wildman–Crippen MR) is 259 cm³/mol. The summed E-state index contributed by atoms with van der Waals surface area (Å²) in [5, 5.41) is 0. The van der Waals surface area contributed by atoms with Crippen molar-refractivity contribution in [3.05, 3.63) is 48.6 Å². The molecule has 0 saturated heterocycles. The second kappa shape index (κ2) is 44.2. The highest BCUT2D eigenvalue weighted by molar-refractivity contribution is 7.45. The van der Waals surface area contributed by atoms with E-state index in [1.54, 1.807) is 0 Å². The highest BCUT2D eigenvalue weighted by Gasteiger charge is 2.21. The number of phosphoric ester groups is 1. The number of nitrogens with zero attached hydrogens (tertiary/aromatic N) is 1. The van der Waals surface area contributed by atoms with Crippen molar-refractivity contribution >= 4 is 19.8 Å². The Hall–Kier alpha value is -2.03. The highest BCUT2D eigenvalue weighted by atomic mass is 31.2. The van der Waals surface area contributed by atoms with Gasteiger partial charge in [0.25, 0.3) is 7.82 Å². The van der Waals surface area contributed by atoms with Crippen molar-refractivity contribution in [3.63, 3.8) is 0 Å². The van der Waals surface area contributed by atoms with Gasteiger partial charge in [0.15, 0.2) is 6.10 Å². The van der Waals surface area contributed by atoms with Gasteiger partial charge in [-0.05, 0) is 70.6 Å². The third-order valence-corrected chi connectivity index (χ3v) is 11.8. The number of phosphoric acid groups is 1. The molecule has 0 aromatic carbocycles. The van der Waals surface area contributed by atoms with Gasteiger partial charge in [-0.3, -0.25) is 14.2 Å². The lowest BCUT2D eigenvalue weighted by Gasteiger charge is -2.28. The van der Waals surface area contributed by atoms with Gasteiger partial charge in [-0.2, -0.15) is 0 Å². The quantitative estimate of drug-likeness (QED) is 0.0195. The Morgan fingerprint density at radius 1 is 0.500 bits per heavy atom. The van der Waals surface area contributed by atoms with Gasteiger partial charge in [-0.25, -0.2) is 0 Å². The number of esters is 2. The normalized spacial score (nSPS) is 13.8. The Balaban J connectivity index is 4.30. The van der Waals surface area contributed by atoms with E-state index in [0.29, 0.717) is 23.9 Å². The maximum Gasteiger partial charge on any atom is 0.306 e. The second-order valence-corrected chi connectivity index (χ2v) is 19.6. The van der Waals surface area contributed by atoms with E-state index in [1.165, 1.54) is 135 Å². The first-order valence-corrected chi connectivity index (χ1v) is 26.8. The largest absolute Gasteiger partial charge is 0.756 e.